The molecule has 0 bridgehead atoms. The van der Waals surface area contributed by atoms with E-state index in [-0.39, 0.29) is 5.91 Å². The zero-order valence-corrected chi connectivity index (χ0v) is 7.28. The van der Waals surface area contributed by atoms with Crippen molar-refractivity contribution in [2.24, 2.45) is 0 Å². The summed E-state index contributed by atoms with van der Waals surface area (Å²) in [5.41, 5.74) is 5.10. The van der Waals surface area contributed by atoms with Crippen LogP contribution in [0.3, 0.4) is 0 Å². The first-order valence-corrected chi connectivity index (χ1v) is 3.94. The van der Waals surface area contributed by atoms with Crippen LogP contribution in [0, 0.1) is 0 Å². The highest BCUT2D eigenvalue weighted by Crippen LogP contribution is 1.76. The van der Waals surface area contributed by atoms with Gasteiger partial charge in [0.1, 0.15) is 0 Å². The average Bonchev–Trinajstić information content (AvgIpc) is 1.96. The summed E-state index contributed by atoms with van der Waals surface area (Å²) >= 11 is 5.35. The normalized spacial score (nSPS) is 9.64. The molecule has 0 aliphatic rings. The van der Waals surface area contributed by atoms with Crippen LogP contribution < -0.4 is 10.9 Å². The molecule has 2 N–H and O–H groups in total. The quantitative estimate of drug-likeness (QED) is 0.341. The van der Waals surface area contributed by atoms with Gasteiger partial charge >= 0.3 is 0 Å². The summed E-state index contributed by atoms with van der Waals surface area (Å²) < 4.78 is 5.02. The Morgan fingerprint density at radius 2 is 2.27 bits per heavy atom. The van der Waals surface area contributed by atoms with Gasteiger partial charge in [0.25, 0.3) is 0 Å². The molecule has 4 nitrogen and oxygen atoms in total. The topological polar surface area (TPSA) is 50.4 Å². The highest BCUT2D eigenvalue weighted by Gasteiger charge is 1.88. The van der Waals surface area contributed by atoms with Crippen molar-refractivity contribution < 1.29 is 9.53 Å². The summed E-state index contributed by atoms with van der Waals surface area (Å²) in [6.07, 6.45) is 0. The third-order valence-electron chi connectivity index (χ3n) is 0.857. The zero-order chi connectivity index (χ0) is 8.53. The molecule has 0 aliphatic carbocycles. The van der Waals surface area contributed by atoms with Gasteiger partial charge in [-0.3, -0.25) is 10.2 Å². The zero-order valence-electron chi connectivity index (χ0n) is 6.52. The van der Waals surface area contributed by atoms with E-state index in [1.54, 1.807) is 0 Å². The van der Waals surface area contributed by atoms with Crippen molar-refractivity contribution in [1.29, 1.82) is 0 Å². The molecule has 0 aromatic carbocycles. The van der Waals surface area contributed by atoms with Gasteiger partial charge in [-0.2, -0.15) is 0 Å². The molecule has 0 saturated heterocycles. The van der Waals surface area contributed by atoms with Gasteiger partial charge in [0, 0.05) is 19.3 Å². The highest BCUT2D eigenvalue weighted by molar-refractivity contribution is 6.17. The summed E-state index contributed by atoms with van der Waals surface area (Å²) in [4.78, 5) is 10.3. The third kappa shape index (κ3) is 9.68. The van der Waals surface area contributed by atoms with Crippen LogP contribution in [0.25, 0.3) is 0 Å². The first-order valence-electron chi connectivity index (χ1n) is 3.40. The molecule has 66 valence electrons. The van der Waals surface area contributed by atoms with E-state index in [0.29, 0.717) is 25.6 Å². The number of hydrogen-bond donors (Lipinski definition) is 2. The van der Waals surface area contributed by atoms with Gasteiger partial charge in [-0.15, -0.1) is 11.6 Å². The fourth-order valence-corrected chi connectivity index (χ4v) is 0.576. The Labute approximate surface area is 71.2 Å². The van der Waals surface area contributed by atoms with E-state index in [2.05, 4.69) is 10.9 Å². The van der Waals surface area contributed by atoms with Gasteiger partial charge in [0.2, 0.25) is 5.91 Å². The Kier molecular flexibility index (Phi) is 7.56. The van der Waals surface area contributed by atoms with Crippen LogP contribution in [-0.4, -0.2) is 31.5 Å². The maximum atomic E-state index is 10.3. The fraction of sp³-hybridized carbons (Fsp3) is 0.833. The largest absolute Gasteiger partial charge is 0.379 e. The Hall–Kier alpha value is -0.320. The number of rotatable bonds is 6. The number of amides is 1. The van der Waals surface area contributed by atoms with E-state index in [1.165, 1.54) is 6.92 Å². The molecule has 0 aromatic rings. The van der Waals surface area contributed by atoms with E-state index in [9.17, 15) is 4.79 Å². The van der Waals surface area contributed by atoms with Crippen molar-refractivity contribution >= 4 is 17.5 Å². The molecule has 0 spiro atoms. The van der Waals surface area contributed by atoms with Crippen LogP contribution in [0.2, 0.25) is 0 Å². The number of alkyl halides is 1. The van der Waals surface area contributed by atoms with Crippen molar-refractivity contribution in [1.82, 2.24) is 10.9 Å². The molecule has 0 aromatic heterocycles. The Balaban J connectivity index is 2.85. The third-order valence-corrected chi connectivity index (χ3v) is 1.01. The fourth-order valence-electron chi connectivity index (χ4n) is 0.467. The molecule has 0 aliphatic heterocycles. The summed E-state index contributed by atoms with van der Waals surface area (Å²) in [7, 11) is 0. The highest BCUT2D eigenvalue weighted by atomic mass is 35.5. The minimum absolute atomic E-state index is 0.109. The summed E-state index contributed by atoms with van der Waals surface area (Å²) in [5, 5.41) is 0. The van der Waals surface area contributed by atoms with Gasteiger partial charge in [0.15, 0.2) is 0 Å². The second-order valence-corrected chi connectivity index (χ2v) is 2.29. The molecule has 0 radical (unpaired) electrons. The van der Waals surface area contributed by atoms with E-state index < -0.39 is 0 Å². The summed E-state index contributed by atoms with van der Waals surface area (Å²) in [6.45, 7) is 3.12. The average molecular weight is 181 g/mol. The lowest BCUT2D eigenvalue weighted by molar-refractivity contribution is -0.119. The number of nitrogens with one attached hydrogen (secondary N) is 2. The molecular formula is C6H13ClN2O2. The van der Waals surface area contributed by atoms with Gasteiger partial charge in [0.05, 0.1) is 13.2 Å². The van der Waals surface area contributed by atoms with Crippen molar-refractivity contribution in [3.05, 3.63) is 0 Å². The molecule has 11 heavy (non-hydrogen) atoms. The van der Waals surface area contributed by atoms with Crippen LogP contribution in [-0.2, 0) is 9.53 Å². The molecular weight excluding hydrogens is 168 g/mol. The first kappa shape index (κ1) is 10.7. The number of hydrazine groups is 1. The SMILES string of the molecule is CC(=O)NNCCOCCCl. The Bertz CT molecular complexity index is 111. The molecule has 0 rings (SSSR count). The standard InChI is InChI=1S/C6H13ClN2O2/c1-6(10)9-8-3-5-11-4-2-7/h8H,2-5H2,1H3,(H,9,10). The summed E-state index contributed by atoms with van der Waals surface area (Å²) in [5.74, 6) is 0.391. The van der Waals surface area contributed by atoms with Crippen molar-refractivity contribution in [2.75, 3.05) is 25.6 Å². The molecule has 0 fully saturated rings. The second kappa shape index (κ2) is 7.78. The smallest absolute Gasteiger partial charge is 0.230 e. The van der Waals surface area contributed by atoms with Crippen molar-refractivity contribution in [3.63, 3.8) is 0 Å². The number of ether oxygens (including phenoxy) is 1. The monoisotopic (exact) mass is 180 g/mol. The molecule has 1 amide bonds. The lowest BCUT2D eigenvalue weighted by Crippen LogP contribution is -2.37. The van der Waals surface area contributed by atoms with Crippen molar-refractivity contribution in [2.45, 2.75) is 6.92 Å². The molecule has 0 heterocycles. The molecule has 0 atom stereocenters. The predicted octanol–water partition coefficient (Wildman–Crippen LogP) is -0.118. The van der Waals surface area contributed by atoms with Crippen molar-refractivity contribution in [3.8, 4) is 0 Å². The molecule has 5 heteroatoms. The van der Waals surface area contributed by atoms with E-state index in [4.69, 9.17) is 16.3 Å². The number of carbonyl (C=O) groups is 1. The second-order valence-electron chi connectivity index (χ2n) is 1.91. The van der Waals surface area contributed by atoms with Crippen LogP contribution in [0.1, 0.15) is 6.92 Å². The molecule has 0 unspecified atom stereocenters. The maximum absolute atomic E-state index is 10.3. The van der Waals surface area contributed by atoms with E-state index in [0.717, 1.165) is 0 Å². The van der Waals surface area contributed by atoms with Crippen LogP contribution in [0.5, 0.6) is 0 Å². The molecule has 0 saturated carbocycles. The Morgan fingerprint density at radius 1 is 1.55 bits per heavy atom. The first-order chi connectivity index (χ1) is 5.27. The Morgan fingerprint density at radius 3 is 2.82 bits per heavy atom. The minimum Gasteiger partial charge on any atom is -0.379 e. The van der Waals surface area contributed by atoms with Gasteiger partial charge < -0.3 is 4.74 Å². The lowest BCUT2D eigenvalue weighted by Gasteiger charge is -2.04. The minimum atomic E-state index is -0.109. The number of hydrogen-bond acceptors (Lipinski definition) is 3. The van der Waals surface area contributed by atoms with Crippen LogP contribution in [0.4, 0.5) is 0 Å². The van der Waals surface area contributed by atoms with E-state index in [1.807, 2.05) is 0 Å². The van der Waals surface area contributed by atoms with Gasteiger partial charge in [-0.25, -0.2) is 5.43 Å². The predicted molar refractivity (Wildman–Crippen MR) is 43.4 cm³/mol. The lowest BCUT2D eigenvalue weighted by atomic mass is 10.7. The van der Waals surface area contributed by atoms with Crippen LogP contribution >= 0.6 is 11.6 Å². The maximum Gasteiger partial charge on any atom is 0.230 e. The van der Waals surface area contributed by atoms with Crippen LogP contribution in [0.15, 0.2) is 0 Å². The van der Waals surface area contributed by atoms with Gasteiger partial charge in [-0.1, -0.05) is 0 Å². The summed E-state index contributed by atoms with van der Waals surface area (Å²) in [6, 6.07) is 0. The van der Waals surface area contributed by atoms with Gasteiger partial charge in [-0.05, 0) is 0 Å². The number of halogens is 1. The van der Waals surface area contributed by atoms with E-state index >= 15 is 0 Å². The number of carbonyl (C=O) groups excluding carboxylic acids is 1.